The van der Waals surface area contributed by atoms with Gasteiger partial charge in [-0.1, -0.05) is 24.3 Å². The Bertz CT molecular complexity index is 1920. The van der Waals surface area contributed by atoms with Crippen LogP contribution in [-0.2, 0) is 16.6 Å². The van der Waals surface area contributed by atoms with Crippen molar-refractivity contribution in [1.82, 2.24) is 24.8 Å². The number of piperidine rings is 1. The quantitative estimate of drug-likeness (QED) is 0.239. The van der Waals surface area contributed by atoms with Crippen molar-refractivity contribution in [2.24, 2.45) is 0 Å². The molecule has 1 atom stereocenters. The third-order valence-corrected chi connectivity index (χ3v) is 10.3. The topological polar surface area (TPSA) is 131 Å². The van der Waals surface area contributed by atoms with Crippen molar-refractivity contribution in [3.8, 4) is 17.1 Å². The molecule has 1 unspecified atom stereocenters. The summed E-state index contributed by atoms with van der Waals surface area (Å²) < 4.78 is 51.2. The predicted octanol–water partition coefficient (Wildman–Crippen LogP) is 6.27. The summed E-state index contributed by atoms with van der Waals surface area (Å²) in [6.07, 6.45) is 7.05. The first kappa shape index (κ1) is 34.2. The molecule has 2 aliphatic heterocycles. The van der Waals surface area contributed by atoms with Crippen LogP contribution in [0.2, 0.25) is 0 Å². The van der Waals surface area contributed by atoms with Crippen LogP contribution in [0.3, 0.4) is 0 Å². The zero-order valence-corrected chi connectivity index (χ0v) is 29.1. The van der Waals surface area contributed by atoms with Gasteiger partial charge in [0.25, 0.3) is 15.9 Å². The molecule has 4 aromatic rings. The second-order valence-electron chi connectivity index (χ2n) is 13.4. The smallest absolute Gasteiger partial charge is 0.264 e. The highest BCUT2D eigenvalue weighted by Crippen LogP contribution is 2.31. The molecule has 1 saturated heterocycles. The molecule has 4 heterocycles. The Kier molecular flexibility index (Phi) is 9.82. The van der Waals surface area contributed by atoms with Crippen molar-refractivity contribution >= 4 is 27.7 Å². The van der Waals surface area contributed by atoms with E-state index >= 15 is 4.39 Å². The number of alkyl halides is 1. The second-order valence-corrected chi connectivity index (χ2v) is 15.1. The minimum absolute atomic E-state index is 0.0455. The first-order valence-corrected chi connectivity index (χ1v) is 18.1. The molecule has 49 heavy (non-hydrogen) atoms. The van der Waals surface area contributed by atoms with Gasteiger partial charge in [0.15, 0.2) is 0 Å². The summed E-state index contributed by atoms with van der Waals surface area (Å²) in [4.78, 5) is 36.4. The van der Waals surface area contributed by atoms with E-state index < -0.39 is 27.6 Å². The molecule has 2 aromatic carbocycles. The summed E-state index contributed by atoms with van der Waals surface area (Å²) in [7, 11) is -4.22. The lowest BCUT2D eigenvalue weighted by Gasteiger charge is -2.33. The Hall–Kier alpha value is -4.65. The Morgan fingerprint density at radius 3 is 2.45 bits per heavy atom. The molecule has 0 aliphatic carbocycles. The van der Waals surface area contributed by atoms with Gasteiger partial charge in [-0.3, -0.25) is 9.78 Å². The van der Waals surface area contributed by atoms with Crippen LogP contribution < -0.4 is 14.4 Å². The van der Waals surface area contributed by atoms with Gasteiger partial charge in [0.05, 0.1) is 41.3 Å². The normalized spacial score (nSPS) is 18.1. The fourth-order valence-electron chi connectivity index (χ4n) is 6.34. The molecule has 258 valence electrons. The van der Waals surface area contributed by atoms with E-state index in [0.29, 0.717) is 11.4 Å². The standard InChI is InChI=1S/C36H42FN7O4S/c1-24-10-8-11-25(2)33(24)30-19-32-41-35(40-30)42-49(46,47)29-13-9-12-26(18-29)34(45)44(28(23-48-32)14-15-36(3,4)37)22-27-20-38-21-31(39-27)43-16-6-5-7-17-43/h8-13,18-21,28H,5-7,14-17,22-23H2,1-4H3,(H,40,41,42). The number of carbonyl (C=O) groups is 1. The van der Waals surface area contributed by atoms with E-state index in [9.17, 15) is 13.2 Å². The maximum atomic E-state index is 15.0. The van der Waals surface area contributed by atoms with Gasteiger partial charge in [0, 0.05) is 30.3 Å². The number of hydrogen-bond donors (Lipinski definition) is 1. The Morgan fingerprint density at radius 1 is 0.980 bits per heavy atom. The highest BCUT2D eigenvalue weighted by Gasteiger charge is 2.31. The van der Waals surface area contributed by atoms with Gasteiger partial charge < -0.3 is 14.5 Å². The van der Waals surface area contributed by atoms with Gasteiger partial charge in [-0.25, -0.2) is 27.5 Å². The van der Waals surface area contributed by atoms with E-state index in [-0.39, 0.29) is 48.3 Å². The third kappa shape index (κ3) is 8.15. The number of nitrogens with one attached hydrogen (secondary N) is 1. The molecule has 11 nitrogen and oxygen atoms in total. The number of aromatic nitrogens is 4. The zero-order valence-electron chi connectivity index (χ0n) is 28.3. The molecule has 0 spiro atoms. The molecule has 1 fully saturated rings. The van der Waals surface area contributed by atoms with Gasteiger partial charge in [0.2, 0.25) is 11.8 Å². The third-order valence-electron chi connectivity index (χ3n) is 8.94. The number of carbonyl (C=O) groups excluding carboxylic acids is 1. The summed E-state index contributed by atoms with van der Waals surface area (Å²) in [5.41, 5.74) is 2.36. The summed E-state index contributed by atoms with van der Waals surface area (Å²) in [6, 6.07) is 12.7. The zero-order chi connectivity index (χ0) is 34.8. The summed E-state index contributed by atoms with van der Waals surface area (Å²) in [6.45, 7) is 8.66. The van der Waals surface area contributed by atoms with Gasteiger partial charge in [-0.15, -0.1) is 0 Å². The van der Waals surface area contributed by atoms with Crippen molar-refractivity contribution in [1.29, 1.82) is 0 Å². The number of ether oxygens (including phenoxy) is 1. The molecule has 0 radical (unpaired) electrons. The molecule has 2 aliphatic rings. The fraction of sp³-hybridized carbons (Fsp3) is 0.417. The lowest BCUT2D eigenvalue weighted by atomic mass is 9.99. The number of sulfonamides is 1. The van der Waals surface area contributed by atoms with Crippen molar-refractivity contribution in [3.05, 3.63) is 83.3 Å². The number of nitrogens with zero attached hydrogens (tertiary/aromatic N) is 6. The first-order valence-electron chi connectivity index (χ1n) is 16.6. The summed E-state index contributed by atoms with van der Waals surface area (Å²) in [5, 5.41) is 0. The predicted molar refractivity (Wildman–Crippen MR) is 186 cm³/mol. The van der Waals surface area contributed by atoms with Gasteiger partial charge in [0.1, 0.15) is 18.1 Å². The maximum Gasteiger partial charge on any atom is 0.264 e. The van der Waals surface area contributed by atoms with Crippen LogP contribution in [0.1, 0.15) is 73.1 Å². The number of hydrogen-bond acceptors (Lipinski definition) is 9. The molecule has 0 saturated carbocycles. The number of aryl methyl sites for hydroxylation is 2. The fourth-order valence-corrected chi connectivity index (χ4v) is 7.33. The minimum atomic E-state index is -4.22. The molecular weight excluding hydrogens is 646 g/mol. The van der Waals surface area contributed by atoms with Crippen LogP contribution in [0.5, 0.6) is 5.88 Å². The molecule has 2 aromatic heterocycles. The van der Waals surface area contributed by atoms with Gasteiger partial charge >= 0.3 is 0 Å². The molecule has 6 rings (SSSR count). The highest BCUT2D eigenvalue weighted by atomic mass is 32.2. The first-order chi connectivity index (χ1) is 23.4. The second kappa shape index (κ2) is 14.1. The number of fused-ring (bicyclic) bond motifs is 4. The number of rotatable bonds is 7. The van der Waals surface area contributed by atoms with E-state index in [1.165, 1.54) is 38.5 Å². The summed E-state index contributed by atoms with van der Waals surface area (Å²) in [5.74, 6) is 0.231. The SMILES string of the molecule is Cc1cccc(C)c1-c1cc2nc(n1)NS(=O)(=O)c1cccc(c1)C(=O)N(Cc1cncc(N3CCCCC3)n1)C(CCC(C)(C)F)CO2. The number of anilines is 2. The molecule has 13 heteroatoms. The lowest BCUT2D eigenvalue weighted by Crippen LogP contribution is -2.44. The Balaban J connectivity index is 1.45. The van der Waals surface area contributed by atoms with Crippen molar-refractivity contribution in [2.75, 3.05) is 29.3 Å². The highest BCUT2D eigenvalue weighted by molar-refractivity contribution is 7.92. The Labute approximate surface area is 287 Å². The molecule has 1 N–H and O–H groups in total. The van der Waals surface area contributed by atoms with Gasteiger partial charge in [-0.2, -0.15) is 4.98 Å². The summed E-state index contributed by atoms with van der Waals surface area (Å²) >= 11 is 0. The van der Waals surface area contributed by atoms with Crippen LogP contribution in [0, 0.1) is 13.8 Å². The van der Waals surface area contributed by atoms with Crippen molar-refractivity contribution in [3.63, 3.8) is 0 Å². The number of amides is 1. The van der Waals surface area contributed by atoms with E-state index in [2.05, 4.69) is 24.6 Å². The van der Waals surface area contributed by atoms with Crippen LogP contribution >= 0.6 is 0 Å². The average Bonchev–Trinajstić information content (AvgIpc) is 3.07. The van der Waals surface area contributed by atoms with Gasteiger partial charge in [-0.05, 0) is 89.1 Å². The van der Waals surface area contributed by atoms with Crippen LogP contribution in [-0.4, -0.2) is 70.6 Å². The van der Waals surface area contributed by atoms with Crippen LogP contribution in [0.25, 0.3) is 11.3 Å². The molecular formula is C36H42FN7O4S. The lowest BCUT2D eigenvalue weighted by molar-refractivity contribution is 0.0531. The van der Waals surface area contributed by atoms with Crippen LogP contribution in [0.4, 0.5) is 16.2 Å². The molecule has 1 amide bonds. The van der Waals surface area contributed by atoms with Crippen molar-refractivity contribution < 1.29 is 22.3 Å². The van der Waals surface area contributed by atoms with E-state index in [4.69, 9.17) is 9.72 Å². The van der Waals surface area contributed by atoms with Crippen LogP contribution in [0.15, 0.2) is 65.8 Å². The van der Waals surface area contributed by atoms with E-state index in [0.717, 1.165) is 48.4 Å². The van der Waals surface area contributed by atoms with Crippen molar-refractivity contribution in [2.45, 2.75) is 82.9 Å². The van der Waals surface area contributed by atoms with E-state index in [1.54, 1.807) is 29.4 Å². The monoisotopic (exact) mass is 687 g/mol. The number of halogens is 1. The average molecular weight is 688 g/mol. The largest absolute Gasteiger partial charge is 0.475 e. The Morgan fingerprint density at radius 2 is 1.71 bits per heavy atom. The minimum Gasteiger partial charge on any atom is -0.475 e. The van der Waals surface area contributed by atoms with E-state index in [1.807, 2.05) is 32.0 Å². The maximum absolute atomic E-state index is 15.0. The molecule has 4 bridgehead atoms. The number of benzene rings is 2.